The molecule has 2 aromatic rings. The molecule has 1 atom stereocenters. The molecular formula is C15H22N6. The van der Waals surface area contributed by atoms with Gasteiger partial charge >= 0.3 is 0 Å². The van der Waals surface area contributed by atoms with Gasteiger partial charge in [-0.15, -0.1) is 0 Å². The van der Waals surface area contributed by atoms with E-state index in [0.717, 1.165) is 11.8 Å². The Hall–Kier alpha value is -2.37. The van der Waals surface area contributed by atoms with Crippen LogP contribution in [-0.4, -0.2) is 27.8 Å². The van der Waals surface area contributed by atoms with Crippen molar-refractivity contribution in [2.24, 2.45) is 12.0 Å². The molecule has 0 saturated carbocycles. The summed E-state index contributed by atoms with van der Waals surface area (Å²) in [4.78, 5) is 8.43. The summed E-state index contributed by atoms with van der Waals surface area (Å²) in [5.74, 6) is 1.61. The summed E-state index contributed by atoms with van der Waals surface area (Å²) in [7, 11) is 3.63. The second-order valence-corrected chi connectivity index (χ2v) is 4.95. The fourth-order valence-corrected chi connectivity index (χ4v) is 2.19. The van der Waals surface area contributed by atoms with Crippen LogP contribution < -0.4 is 10.6 Å². The minimum absolute atomic E-state index is 0.178. The van der Waals surface area contributed by atoms with Crippen molar-refractivity contribution in [3.05, 3.63) is 47.5 Å². The molecule has 112 valence electrons. The number of hydrogen-bond donors (Lipinski definition) is 2. The first-order valence-electron chi connectivity index (χ1n) is 6.97. The Morgan fingerprint density at radius 2 is 2.14 bits per heavy atom. The van der Waals surface area contributed by atoms with Gasteiger partial charge in [0.05, 0.1) is 12.6 Å². The van der Waals surface area contributed by atoms with Crippen LogP contribution in [0.25, 0.3) is 0 Å². The summed E-state index contributed by atoms with van der Waals surface area (Å²) < 4.78 is 1.74. The number of nitrogens with one attached hydrogen (secondary N) is 2. The first-order chi connectivity index (χ1) is 10.1. The molecule has 2 N–H and O–H groups in total. The summed E-state index contributed by atoms with van der Waals surface area (Å²) in [6, 6.07) is 8.52. The lowest BCUT2D eigenvalue weighted by Gasteiger charge is -2.19. The predicted molar refractivity (Wildman–Crippen MR) is 83.9 cm³/mol. The number of guanidine groups is 1. The van der Waals surface area contributed by atoms with E-state index >= 15 is 0 Å². The first-order valence-corrected chi connectivity index (χ1v) is 6.97. The van der Waals surface area contributed by atoms with Gasteiger partial charge in [-0.25, -0.2) is 4.98 Å². The topological polar surface area (TPSA) is 67.1 Å². The molecule has 0 radical (unpaired) electrons. The molecule has 0 saturated heterocycles. The number of nitrogens with zero attached hydrogens (tertiary/aromatic N) is 4. The maximum Gasteiger partial charge on any atom is 0.191 e. The van der Waals surface area contributed by atoms with Gasteiger partial charge in [0, 0.05) is 14.1 Å². The summed E-state index contributed by atoms with van der Waals surface area (Å²) in [6.45, 7) is 4.82. The van der Waals surface area contributed by atoms with Crippen LogP contribution in [0.4, 0.5) is 0 Å². The molecule has 6 nitrogen and oxygen atoms in total. The smallest absolute Gasteiger partial charge is 0.191 e. The highest BCUT2D eigenvalue weighted by molar-refractivity contribution is 5.80. The molecule has 21 heavy (non-hydrogen) atoms. The van der Waals surface area contributed by atoms with Crippen molar-refractivity contribution in [1.82, 2.24) is 25.4 Å². The monoisotopic (exact) mass is 286 g/mol. The van der Waals surface area contributed by atoms with E-state index in [-0.39, 0.29) is 6.04 Å². The van der Waals surface area contributed by atoms with Gasteiger partial charge in [0.25, 0.3) is 0 Å². The van der Waals surface area contributed by atoms with Gasteiger partial charge in [-0.1, -0.05) is 24.3 Å². The molecule has 2 rings (SSSR count). The number of aliphatic imine (C=N–C) groups is 1. The van der Waals surface area contributed by atoms with Crippen molar-refractivity contribution in [1.29, 1.82) is 0 Å². The van der Waals surface area contributed by atoms with Crippen LogP contribution in [0, 0.1) is 6.92 Å². The largest absolute Gasteiger partial charge is 0.350 e. The Morgan fingerprint density at radius 3 is 2.76 bits per heavy atom. The van der Waals surface area contributed by atoms with Crippen molar-refractivity contribution < 1.29 is 0 Å². The standard InChI is InChI=1S/C15H22N6/c1-11-7-5-6-8-13(11)12(2)20-15(16-3)17-9-14-18-10-19-21(14)4/h5-8,10,12H,9H2,1-4H3,(H2,16,17,20). The SMILES string of the molecule is CN=C(NCc1ncnn1C)NC(C)c1ccccc1C. The van der Waals surface area contributed by atoms with Crippen molar-refractivity contribution >= 4 is 5.96 Å². The fourth-order valence-electron chi connectivity index (χ4n) is 2.19. The molecule has 1 aromatic heterocycles. The van der Waals surface area contributed by atoms with E-state index < -0.39 is 0 Å². The number of aromatic nitrogens is 3. The summed E-state index contributed by atoms with van der Waals surface area (Å²) >= 11 is 0. The average Bonchev–Trinajstić information content (AvgIpc) is 2.89. The van der Waals surface area contributed by atoms with Gasteiger partial charge in [-0.05, 0) is 25.0 Å². The van der Waals surface area contributed by atoms with Crippen LogP contribution in [0.2, 0.25) is 0 Å². The van der Waals surface area contributed by atoms with Gasteiger partial charge in [0.15, 0.2) is 5.96 Å². The van der Waals surface area contributed by atoms with Crippen LogP contribution in [0.15, 0.2) is 35.6 Å². The lowest BCUT2D eigenvalue weighted by atomic mass is 10.0. The number of hydrogen-bond acceptors (Lipinski definition) is 3. The van der Waals surface area contributed by atoms with Crippen molar-refractivity contribution in [2.45, 2.75) is 26.4 Å². The Kier molecular flexibility index (Phi) is 4.92. The van der Waals surface area contributed by atoms with Gasteiger partial charge < -0.3 is 10.6 Å². The van der Waals surface area contributed by atoms with Gasteiger partial charge in [-0.2, -0.15) is 5.10 Å². The average molecular weight is 286 g/mol. The Balaban J connectivity index is 1.97. The van der Waals surface area contributed by atoms with Gasteiger partial charge in [-0.3, -0.25) is 9.67 Å². The summed E-state index contributed by atoms with van der Waals surface area (Å²) in [6.07, 6.45) is 1.54. The van der Waals surface area contributed by atoms with E-state index in [1.54, 1.807) is 18.1 Å². The van der Waals surface area contributed by atoms with Crippen LogP contribution >= 0.6 is 0 Å². The van der Waals surface area contributed by atoms with Crippen LogP contribution in [0.1, 0.15) is 29.9 Å². The van der Waals surface area contributed by atoms with E-state index in [9.17, 15) is 0 Å². The molecule has 1 aromatic carbocycles. The van der Waals surface area contributed by atoms with E-state index in [1.807, 2.05) is 13.1 Å². The Morgan fingerprint density at radius 1 is 1.38 bits per heavy atom. The molecule has 0 spiro atoms. The van der Waals surface area contributed by atoms with Crippen molar-refractivity contribution in [2.75, 3.05) is 7.05 Å². The van der Waals surface area contributed by atoms with Crippen LogP contribution in [0.3, 0.4) is 0 Å². The van der Waals surface area contributed by atoms with Crippen LogP contribution in [-0.2, 0) is 13.6 Å². The second-order valence-electron chi connectivity index (χ2n) is 4.95. The zero-order valence-electron chi connectivity index (χ0n) is 13.0. The number of aryl methyl sites for hydroxylation is 2. The second kappa shape index (κ2) is 6.88. The van der Waals surface area contributed by atoms with E-state index in [4.69, 9.17) is 0 Å². The van der Waals surface area contributed by atoms with E-state index in [0.29, 0.717) is 6.54 Å². The molecule has 0 aliphatic carbocycles. The van der Waals surface area contributed by atoms with E-state index in [1.165, 1.54) is 11.1 Å². The summed E-state index contributed by atoms with van der Waals surface area (Å²) in [5, 5.41) is 10.7. The molecule has 1 heterocycles. The van der Waals surface area contributed by atoms with Gasteiger partial charge in [0.2, 0.25) is 0 Å². The Labute approximate surface area is 125 Å². The normalized spacial score (nSPS) is 13.0. The Bertz CT molecular complexity index is 616. The maximum atomic E-state index is 4.25. The molecule has 0 aliphatic rings. The lowest BCUT2D eigenvalue weighted by molar-refractivity contribution is 0.649. The first kappa shape index (κ1) is 15.0. The zero-order valence-corrected chi connectivity index (χ0v) is 13.0. The molecule has 0 amide bonds. The van der Waals surface area contributed by atoms with E-state index in [2.05, 4.69) is 57.8 Å². The molecular weight excluding hydrogens is 264 g/mol. The predicted octanol–water partition coefficient (Wildman–Crippen LogP) is 1.55. The maximum absolute atomic E-state index is 4.25. The fraction of sp³-hybridized carbons (Fsp3) is 0.400. The van der Waals surface area contributed by atoms with Crippen molar-refractivity contribution in [3.63, 3.8) is 0 Å². The third-order valence-corrected chi connectivity index (χ3v) is 3.45. The third kappa shape index (κ3) is 3.81. The molecule has 0 bridgehead atoms. The number of benzene rings is 1. The lowest BCUT2D eigenvalue weighted by Crippen LogP contribution is -2.38. The molecule has 0 aliphatic heterocycles. The number of rotatable bonds is 4. The highest BCUT2D eigenvalue weighted by Gasteiger charge is 2.10. The minimum Gasteiger partial charge on any atom is -0.350 e. The zero-order chi connectivity index (χ0) is 15.2. The minimum atomic E-state index is 0.178. The highest BCUT2D eigenvalue weighted by atomic mass is 15.3. The highest BCUT2D eigenvalue weighted by Crippen LogP contribution is 2.16. The molecule has 0 fully saturated rings. The van der Waals surface area contributed by atoms with Crippen LogP contribution in [0.5, 0.6) is 0 Å². The molecule has 1 unspecified atom stereocenters. The molecule has 6 heteroatoms. The summed E-state index contributed by atoms with van der Waals surface area (Å²) in [5.41, 5.74) is 2.53. The quantitative estimate of drug-likeness (QED) is 0.661. The third-order valence-electron chi connectivity index (χ3n) is 3.45. The van der Waals surface area contributed by atoms with Crippen molar-refractivity contribution in [3.8, 4) is 0 Å². The van der Waals surface area contributed by atoms with Gasteiger partial charge in [0.1, 0.15) is 12.2 Å².